The highest BCUT2D eigenvalue weighted by Gasteiger charge is 2.21. The molecule has 1 heterocycles. The molecule has 0 saturated carbocycles. The van der Waals surface area contributed by atoms with E-state index in [1.54, 1.807) is 4.90 Å². The van der Waals surface area contributed by atoms with Crippen LogP contribution in [-0.2, 0) is 4.79 Å². The number of benzene rings is 1. The molecule has 1 aliphatic rings. The molecule has 1 saturated heterocycles. The molecule has 1 aromatic carbocycles. The Hall–Kier alpha value is -2.08. The van der Waals surface area contributed by atoms with Crippen molar-refractivity contribution >= 4 is 23.3 Å². The van der Waals surface area contributed by atoms with Crippen molar-refractivity contribution in [2.75, 3.05) is 36.4 Å². The first-order chi connectivity index (χ1) is 9.70. The predicted octanol–water partition coefficient (Wildman–Crippen LogP) is 1.15. The Kier molecular flexibility index (Phi) is 4.95. The van der Waals surface area contributed by atoms with Gasteiger partial charge in [0.25, 0.3) is 0 Å². The molecule has 3 N–H and O–H groups in total. The molecule has 3 amide bonds. The van der Waals surface area contributed by atoms with Crippen LogP contribution < -0.4 is 20.9 Å². The van der Waals surface area contributed by atoms with E-state index in [-0.39, 0.29) is 11.9 Å². The highest BCUT2D eigenvalue weighted by Crippen LogP contribution is 2.20. The molecule has 0 spiro atoms. The number of carbonyl (C=O) groups excluding carboxylic acids is 2. The van der Waals surface area contributed by atoms with E-state index in [1.165, 1.54) is 0 Å². The van der Waals surface area contributed by atoms with Crippen molar-refractivity contribution in [1.82, 2.24) is 10.6 Å². The van der Waals surface area contributed by atoms with Crippen molar-refractivity contribution in [3.8, 4) is 0 Å². The van der Waals surface area contributed by atoms with Crippen molar-refractivity contribution in [3.05, 3.63) is 24.3 Å². The van der Waals surface area contributed by atoms with E-state index in [9.17, 15) is 9.59 Å². The number of nitrogens with zero attached hydrogens (tertiary/aromatic N) is 1. The van der Waals surface area contributed by atoms with Crippen LogP contribution in [0.2, 0.25) is 0 Å². The number of amides is 3. The lowest BCUT2D eigenvalue weighted by molar-refractivity contribution is -0.115. The van der Waals surface area contributed by atoms with Gasteiger partial charge in [0.15, 0.2) is 0 Å². The Morgan fingerprint density at radius 1 is 1.45 bits per heavy atom. The minimum absolute atomic E-state index is 0.0820. The molecule has 1 fully saturated rings. The van der Waals surface area contributed by atoms with Crippen molar-refractivity contribution in [2.45, 2.75) is 13.3 Å². The molecule has 1 aromatic rings. The smallest absolute Gasteiger partial charge is 0.321 e. The summed E-state index contributed by atoms with van der Waals surface area (Å²) >= 11 is 0. The summed E-state index contributed by atoms with van der Waals surface area (Å²) in [6, 6.07) is 7.21. The van der Waals surface area contributed by atoms with Gasteiger partial charge in [-0.2, -0.15) is 0 Å². The Morgan fingerprint density at radius 3 is 3.00 bits per heavy atom. The highest BCUT2D eigenvalue weighted by atomic mass is 16.2. The van der Waals surface area contributed by atoms with Gasteiger partial charge < -0.3 is 16.0 Å². The zero-order valence-corrected chi connectivity index (χ0v) is 11.6. The van der Waals surface area contributed by atoms with E-state index in [1.807, 2.05) is 24.3 Å². The van der Waals surface area contributed by atoms with E-state index in [4.69, 9.17) is 0 Å². The van der Waals surface area contributed by atoms with Gasteiger partial charge in [-0.05, 0) is 31.2 Å². The van der Waals surface area contributed by atoms with Gasteiger partial charge in [0, 0.05) is 24.5 Å². The third kappa shape index (κ3) is 3.71. The number of anilines is 2. The third-order valence-electron chi connectivity index (χ3n) is 3.01. The second-order valence-electron chi connectivity index (χ2n) is 4.66. The maximum Gasteiger partial charge on any atom is 0.321 e. The topological polar surface area (TPSA) is 73.5 Å². The summed E-state index contributed by atoms with van der Waals surface area (Å²) in [4.78, 5) is 25.0. The van der Waals surface area contributed by atoms with Crippen LogP contribution >= 0.6 is 0 Å². The van der Waals surface area contributed by atoms with Gasteiger partial charge in [-0.3, -0.25) is 9.69 Å². The van der Waals surface area contributed by atoms with Crippen LogP contribution in [0.3, 0.4) is 0 Å². The molecule has 6 nitrogen and oxygen atoms in total. The van der Waals surface area contributed by atoms with Gasteiger partial charge in [-0.1, -0.05) is 13.0 Å². The van der Waals surface area contributed by atoms with Crippen LogP contribution in [-0.4, -0.2) is 38.1 Å². The Balaban J connectivity index is 1.95. The number of nitrogens with one attached hydrogen (secondary N) is 3. The number of carbonyl (C=O) groups is 2. The first-order valence-electron chi connectivity index (χ1n) is 6.86. The molecule has 108 valence electrons. The van der Waals surface area contributed by atoms with Crippen molar-refractivity contribution in [1.29, 1.82) is 0 Å². The number of rotatable bonds is 6. The van der Waals surface area contributed by atoms with E-state index in [0.29, 0.717) is 25.3 Å². The number of hydrogen-bond acceptors (Lipinski definition) is 3. The summed E-state index contributed by atoms with van der Waals surface area (Å²) in [7, 11) is 0. The largest absolute Gasteiger partial charge is 0.336 e. The van der Waals surface area contributed by atoms with Crippen molar-refractivity contribution in [2.24, 2.45) is 0 Å². The average Bonchev–Trinajstić information content (AvgIpc) is 2.85. The van der Waals surface area contributed by atoms with Gasteiger partial charge in [-0.15, -0.1) is 0 Å². The normalized spacial score (nSPS) is 14.2. The van der Waals surface area contributed by atoms with Gasteiger partial charge in [0.2, 0.25) is 5.91 Å². The summed E-state index contributed by atoms with van der Waals surface area (Å²) in [6.45, 7) is 4.46. The molecule has 0 aromatic heterocycles. The summed E-state index contributed by atoms with van der Waals surface area (Å²) in [6.07, 6.45) is 0.993. The van der Waals surface area contributed by atoms with Crippen LogP contribution in [0.5, 0.6) is 0 Å². The van der Waals surface area contributed by atoms with Gasteiger partial charge in [0.1, 0.15) is 0 Å². The quantitative estimate of drug-likeness (QED) is 0.683. The van der Waals surface area contributed by atoms with Crippen LogP contribution in [0, 0.1) is 0 Å². The fraction of sp³-hybridized carbons (Fsp3) is 0.429. The molecule has 1 aliphatic heterocycles. The molecule has 0 radical (unpaired) electrons. The molecular formula is C14H20N4O2. The standard InChI is InChI=1S/C14H20N4O2/c1-2-6-15-10-13(19)17-11-4-3-5-12(9-11)18-8-7-16-14(18)20/h3-5,9,15H,2,6-8,10H2,1H3,(H,16,20)(H,17,19). The second-order valence-corrected chi connectivity index (χ2v) is 4.66. The first-order valence-corrected chi connectivity index (χ1v) is 6.86. The lowest BCUT2D eigenvalue weighted by Crippen LogP contribution is -2.29. The molecule has 20 heavy (non-hydrogen) atoms. The SMILES string of the molecule is CCCNCC(=O)Nc1cccc(N2CCNC2=O)c1. The van der Waals surface area contributed by atoms with Crippen LogP contribution in [0.25, 0.3) is 0 Å². The van der Waals surface area contributed by atoms with Crippen LogP contribution in [0.1, 0.15) is 13.3 Å². The fourth-order valence-corrected chi connectivity index (χ4v) is 2.05. The Morgan fingerprint density at radius 2 is 2.30 bits per heavy atom. The highest BCUT2D eigenvalue weighted by molar-refractivity contribution is 5.96. The summed E-state index contributed by atoms with van der Waals surface area (Å²) < 4.78 is 0. The van der Waals surface area contributed by atoms with Crippen molar-refractivity contribution < 1.29 is 9.59 Å². The monoisotopic (exact) mass is 276 g/mol. The minimum Gasteiger partial charge on any atom is -0.336 e. The van der Waals surface area contributed by atoms with E-state index < -0.39 is 0 Å². The van der Waals surface area contributed by atoms with E-state index >= 15 is 0 Å². The zero-order chi connectivity index (χ0) is 14.4. The molecule has 2 rings (SSSR count). The van der Waals surface area contributed by atoms with Gasteiger partial charge in [-0.25, -0.2) is 4.79 Å². The lowest BCUT2D eigenvalue weighted by Gasteiger charge is -2.15. The fourth-order valence-electron chi connectivity index (χ4n) is 2.05. The molecule has 0 atom stereocenters. The van der Waals surface area contributed by atoms with Gasteiger partial charge in [0.05, 0.1) is 6.54 Å². The summed E-state index contributed by atoms with van der Waals surface area (Å²) in [5.74, 6) is -0.0820. The molecule has 0 bridgehead atoms. The molecule has 6 heteroatoms. The molecule has 0 aliphatic carbocycles. The third-order valence-corrected chi connectivity index (χ3v) is 3.01. The molecule has 0 unspecified atom stereocenters. The second kappa shape index (κ2) is 6.91. The lowest BCUT2D eigenvalue weighted by atomic mass is 10.2. The maximum absolute atomic E-state index is 11.7. The number of urea groups is 1. The molecular weight excluding hydrogens is 256 g/mol. The first kappa shape index (κ1) is 14.3. The maximum atomic E-state index is 11.7. The Labute approximate surface area is 118 Å². The summed E-state index contributed by atoms with van der Waals surface area (Å²) in [5.41, 5.74) is 1.49. The van der Waals surface area contributed by atoms with Crippen LogP contribution in [0.4, 0.5) is 16.2 Å². The van der Waals surface area contributed by atoms with Gasteiger partial charge >= 0.3 is 6.03 Å². The average molecular weight is 276 g/mol. The Bertz CT molecular complexity index is 490. The summed E-state index contributed by atoms with van der Waals surface area (Å²) in [5, 5.41) is 8.62. The zero-order valence-electron chi connectivity index (χ0n) is 11.6. The van der Waals surface area contributed by atoms with Crippen LogP contribution in [0.15, 0.2) is 24.3 Å². The van der Waals surface area contributed by atoms with E-state index in [2.05, 4.69) is 22.9 Å². The van der Waals surface area contributed by atoms with Crippen molar-refractivity contribution in [3.63, 3.8) is 0 Å². The predicted molar refractivity (Wildman–Crippen MR) is 79.0 cm³/mol. The minimum atomic E-state index is -0.0990. The van der Waals surface area contributed by atoms with E-state index in [0.717, 1.165) is 18.7 Å². The number of hydrogen-bond donors (Lipinski definition) is 3.